The second-order valence-corrected chi connectivity index (χ2v) is 4.62. The molecule has 0 radical (unpaired) electrons. The Morgan fingerprint density at radius 3 is 1.30 bits per heavy atom. The summed E-state index contributed by atoms with van der Waals surface area (Å²) in [4.78, 5) is 0. The van der Waals surface area contributed by atoms with E-state index in [1.54, 1.807) is 0 Å². The van der Waals surface area contributed by atoms with Crippen LogP contribution >= 0.6 is 0 Å². The van der Waals surface area contributed by atoms with Crippen LogP contribution < -0.4 is 0 Å². The second-order valence-electron chi connectivity index (χ2n) is 4.62. The molecule has 0 atom stereocenters. The van der Waals surface area contributed by atoms with E-state index < -0.39 is 0 Å². The van der Waals surface area contributed by atoms with Crippen LogP contribution in [-0.2, 0) is 0 Å². The van der Waals surface area contributed by atoms with Gasteiger partial charge in [-0.05, 0) is 41.0 Å². The molecule has 0 fully saturated rings. The quantitative estimate of drug-likeness (QED) is 0.362. The predicted octanol–water partition coefficient (Wildman–Crippen LogP) is 8.14. The van der Waals surface area contributed by atoms with Gasteiger partial charge in [-0.1, -0.05) is 88.6 Å². The topological polar surface area (TPSA) is 0 Å². The number of benzene rings is 1. The Kier molecular flexibility index (Phi) is 36.8. The van der Waals surface area contributed by atoms with E-state index in [-0.39, 0.29) is 0 Å². The lowest BCUT2D eigenvalue weighted by Crippen LogP contribution is -1.70. The van der Waals surface area contributed by atoms with Crippen molar-refractivity contribution in [3.8, 4) is 11.8 Å². The standard InChI is InChI=1S/C8H10.C6H12.C5H8.2C2H6/c1-7-3-5-8(2)6-4-7;1-4-5-6(2)3;1-3-5-4-2;2*1-2/h3-6H,1-2H3;5H,4H2,1-3H3;3H2,1-2H3;2*1-2H3. The summed E-state index contributed by atoms with van der Waals surface area (Å²) in [6.45, 7) is 22.5. The Bertz CT molecular complexity index is 357. The van der Waals surface area contributed by atoms with E-state index in [0.29, 0.717) is 0 Å². The molecule has 0 unspecified atom stereocenters. The lowest BCUT2D eigenvalue weighted by molar-refractivity contribution is 1.18. The Hall–Kier alpha value is -1.48. The molecule has 1 aromatic carbocycles. The molecular formula is C23H42. The molecule has 0 N–H and O–H groups in total. The van der Waals surface area contributed by atoms with Crippen molar-refractivity contribution in [3.63, 3.8) is 0 Å². The van der Waals surface area contributed by atoms with Crippen molar-refractivity contribution in [2.75, 3.05) is 0 Å². The van der Waals surface area contributed by atoms with E-state index in [0.717, 1.165) is 6.42 Å². The van der Waals surface area contributed by atoms with Crippen molar-refractivity contribution < 1.29 is 0 Å². The van der Waals surface area contributed by atoms with Crippen LogP contribution in [0.15, 0.2) is 35.9 Å². The Balaban J connectivity index is -0.000000109. The van der Waals surface area contributed by atoms with Crippen molar-refractivity contribution in [1.29, 1.82) is 0 Å². The molecule has 0 amide bonds. The van der Waals surface area contributed by atoms with Gasteiger partial charge in [0.1, 0.15) is 0 Å². The SMILES string of the molecule is CC.CC.CC#CCC.CCC=C(C)C.Cc1ccc(C)cc1. The fourth-order valence-electron chi connectivity index (χ4n) is 1.22. The molecule has 0 aromatic heterocycles. The van der Waals surface area contributed by atoms with Gasteiger partial charge < -0.3 is 0 Å². The van der Waals surface area contributed by atoms with Crippen molar-refractivity contribution in [1.82, 2.24) is 0 Å². The van der Waals surface area contributed by atoms with Crippen molar-refractivity contribution in [3.05, 3.63) is 47.0 Å². The van der Waals surface area contributed by atoms with Gasteiger partial charge in [0.2, 0.25) is 0 Å². The fraction of sp³-hybridized carbons (Fsp3) is 0.565. The van der Waals surface area contributed by atoms with Crippen LogP contribution in [0.3, 0.4) is 0 Å². The lowest BCUT2D eigenvalue weighted by Gasteiger charge is -1.90. The van der Waals surface area contributed by atoms with Crippen LogP contribution in [0.5, 0.6) is 0 Å². The first-order chi connectivity index (χ1) is 11.0. The molecule has 0 saturated carbocycles. The zero-order valence-electron chi connectivity index (χ0n) is 17.8. The predicted molar refractivity (Wildman–Crippen MR) is 112 cm³/mol. The minimum absolute atomic E-state index is 0.983. The normalized spacial score (nSPS) is 6.91. The third-order valence-electron chi connectivity index (χ3n) is 2.18. The Morgan fingerprint density at radius 2 is 1.22 bits per heavy atom. The van der Waals surface area contributed by atoms with E-state index in [1.807, 2.05) is 41.5 Å². The average Bonchev–Trinajstić information content (AvgIpc) is 2.56. The summed E-state index contributed by atoms with van der Waals surface area (Å²) in [5, 5.41) is 0. The smallest absolute Gasteiger partial charge is 0.00601 e. The average molecular weight is 319 g/mol. The van der Waals surface area contributed by atoms with Gasteiger partial charge in [-0.3, -0.25) is 0 Å². The number of aryl methyl sites for hydroxylation is 2. The summed E-state index contributed by atoms with van der Waals surface area (Å²) in [6.07, 6.45) is 4.36. The van der Waals surface area contributed by atoms with Gasteiger partial charge in [-0.25, -0.2) is 0 Å². The van der Waals surface area contributed by atoms with Gasteiger partial charge in [0.25, 0.3) is 0 Å². The highest BCUT2D eigenvalue weighted by molar-refractivity contribution is 5.19. The summed E-state index contributed by atoms with van der Waals surface area (Å²) in [6, 6.07) is 8.48. The molecule has 0 aliphatic heterocycles. The first-order valence-electron chi connectivity index (χ1n) is 9.04. The third kappa shape index (κ3) is 38.5. The number of hydrogen-bond donors (Lipinski definition) is 0. The maximum absolute atomic E-state index is 2.86. The summed E-state index contributed by atoms with van der Waals surface area (Å²) in [5.74, 6) is 5.63. The molecule has 134 valence electrons. The van der Waals surface area contributed by atoms with Gasteiger partial charge >= 0.3 is 0 Å². The van der Waals surface area contributed by atoms with E-state index in [1.165, 1.54) is 23.1 Å². The van der Waals surface area contributed by atoms with Crippen LogP contribution in [-0.4, -0.2) is 0 Å². The maximum Gasteiger partial charge on any atom is 0.00601 e. The number of hydrogen-bond acceptors (Lipinski definition) is 0. The molecule has 0 heteroatoms. The molecular weight excluding hydrogens is 276 g/mol. The maximum atomic E-state index is 2.86. The summed E-state index contributed by atoms with van der Waals surface area (Å²) >= 11 is 0. The molecule has 1 aromatic rings. The van der Waals surface area contributed by atoms with Gasteiger partial charge in [0.05, 0.1) is 0 Å². The molecule has 0 saturated heterocycles. The van der Waals surface area contributed by atoms with Crippen LogP contribution in [0.4, 0.5) is 0 Å². The van der Waals surface area contributed by atoms with Crippen LogP contribution in [0, 0.1) is 25.7 Å². The molecule has 0 heterocycles. The van der Waals surface area contributed by atoms with E-state index in [9.17, 15) is 0 Å². The van der Waals surface area contributed by atoms with Gasteiger partial charge in [0, 0.05) is 6.42 Å². The summed E-state index contributed by atoms with van der Waals surface area (Å²) in [7, 11) is 0. The summed E-state index contributed by atoms with van der Waals surface area (Å²) in [5.41, 5.74) is 4.07. The highest BCUT2D eigenvalue weighted by Gasteiger charge is 1.79. The zero-order valence-corrected chi connectivity index (χ0v) is 17.8. The van der Waals surface area contributed by atoms with E-state index in [2.05, 4.69) is 76.8 Å². The molecule has 0 aliphatic rings. The number of allylic oxidation sites excluding steroid dienone is 2. The lowest BCUT2D eigenvalue weighted by atomic mass is 10.2. The van der Waals surface area contributed by atoms with Crippen LogP contribution in [0.25, 0.3) is 0 Å². The Labute approximate surface area is 148 Å². The first kappa shape index (κ1) is 29.5. The molecule has 23 heavy (non-hydrogen) atoms. The van der Waals surface area contributed by atoms with Crippen LogP contribution in [0.1, 0.15) is 86.3 Å². The molecule has 0 nitrogen and oxygen atoms in total. The van der Waals surface area contributed by atoms with Crippen molar-refractivity contribution >= 4 is 0 Å². The highest BCUT2D eigenvalue weighted by atomic mass is 13.9. The molecule has 1 rings (SSSR count). The first-order valence-corrected chi connectivity index (χ1v) is 9.04. The van der Waals surface area contributed by atoms with E-state index in [4.69, 9.17) is 0 Å². The second kappa shape index (κ2) is 28.6. The van der Waals surface area contributed by atoms with Gasteiger partial charge in [-0.2, -0.15) is 0 Å². The zero-order chi connectivity index (χ0) is 19.1. The highest BCUT2D eigenvalue weighted by Crippen LogP contribution is 1.99. The van der Waals surface area contributed by atoms with Gasteiger partial charge in [-0.15, -0.1) is 11.8 Å². The molecule has 0 spiro atoms. The summed E-state index contributed by atoms with van der Waals surface area (Å²) < 4.78 is 0. The largest absolute Gasteiger partial charge is 0.107 e. The molecule has 0 bridgehead atoms. The van der Waals surface area contributed by atoms with E-state index >= 15 is 0 Å². The molecule has 0 aliphatic carbocycles. The minimum atomic E-state index is 0.983. The van der Waals surface area contributed by atoms with Gasteiger partial charge in [0.15, 0.2) is 0 Å². The van der Waals surface area contributed by atoms with Crippen LogP contribution in [0.2, 0.25) is 0 Å². The Morgan fingerprint density at radius 1 is 0.870 bits per heavy atom. The third-order valence-corrected chi connectivity index (χ3v) is 2.18. The van der Waals surface area contributed by atoms with Crippen molar-refractivity contribution in [2.24, 2.45) is 0 Å². The fourth-order valence-corrected chi connectivity index (χ4v) is 1.22. The minimum Gasteiger partial charge on any atom is -0.107 e. The monoisotopic (exact) mass is 318 g/mol. The number of rotatable bonds is 1. The van der Waals surface area contributed by atoms with Crippen molar-refractivity contribution in [2.45, 2.75) is 89.0 Å².